The molecule has 0 bridgehead atoms. The van der Waals surface area contributed by atoms with Crippen LogP contribution in [0.4, 0.5) is 0 Å². The van der Waals surface area contributed by atoms with Crippen molar-refractivity contribution in [2.75, 3.05) is 0 Å². The fourth-order valence-corrected chi connectivity index (χ4v) is 2.31. The van der Waals surface area contributed by atoms with Crippen LogP contribution in [0.15, 0.2) is 30.5 Å². The van der Waals surface area contributed by atoms with Gasteiger partial charge in [-0.25, -0.2) is 0 Å². The number of benzene rings is 1. The van der Waals surface area contributed by atoms with E-state index in [0.29, 0.717) is 27.3 Å². The molecule has 1 aromatic carbocycles. The summed E-state index contributed by atoms with van der Waals surface area (Å²) in [5.41, 5.74) is 1.95. The highest BCUT2D eigenvalue weighted by Gasteiger charge is 2.32. The molecule has 0 radical (unpaired) electrons. The molecule has 0 saturated carbocycles. The molecule has 0 unspecified atom stereocenters. The molecule has 18 heavy (non-hydrogen) atoms. The van der Waals surface area contributed by atoms with E-state index in [2.05, 4.69) is 4.98 Å². The van der Waals surface area contributed by atoms with Crippen LogP contribution >= 0.6 is 11.6 Å². The van der Waals surface area contributed by atoms with E-state index < -0.39 is 0 Å². The van der Waals surface area contributed by atoms with Crippen LogP contribution in [0.5, 0.6) is 0 Å². The summed E-state index contributed by atoms with van der Waals surface area (Å²) in [7, 11) is 0. The maximum Gasteiger partial charge on any atom is 0.212 e. The number of rotatable bonds is 0. The maximum absolute atomic E-state index is 12.4. The molecule has 1 heterocycles. The van der Waals surface area contributed by atoms with Crippen molar-refractivity contribution in [2.24, 2.45) is 0 Å². The Kier molecular flexibility index (Phi) is 2.31. The van der Waals surface area contributed by atoms with Crippen molar-refractivity contribution in [3.05, 3.63) is 63.4 Å². The Bertz CT molecular complexity index is 707. The van der Waals surface area contributed by atoms with Gasteiger partial charge >= 0.3 is 0 Å². The maximum atomic E-state index is 12.4. The summed E-state index contributed by atoms with van der Waals surface area (Å²) in [5.74, 6) is -0.410. The van der Waals surface area contributed by atoms with E-state index in [1.807, 2.05) is 0 Å². The minimum Gasteiger partial charge on any atom is -0.288 e. The van der Waals surface area contributed by atoms with Crippen LogP contribution in [0.3, 0.4) is 0 Å². The number of hydrogen-bond acceptors (Lipinski definition) is 3. The predicted molar refractivity (Wildman–Crippen MR) is 67.3 cm³/mol. The number of hydrogen-bond donors (Lipinski definition) is 0. The average Bonchev–Trinajstić information content (AvgIpc) is 2.39. The summed E-state index contributed by atoms with van der Waals surface area (Å²) in [6, 6.07) is 6.77. The first-order valence-electron chi connectivity index (χ1n) is 5.45. The number of pyridine rings is 1. The van der Waals surface area contributed by atoms with Crippen LogP contribution in [-0.2, 0) is 0 Å². The summed E-state index contributed by atoms with van der Waals surface area (Å²) in [6.45, 7) is 1.72. The molecule has 0 N–H and O–H groups in total. The van der Waals surface area contributed by atoms with Crippen molar-refractivity contribution in [2.45, 2.75) is 6.92 Å². The third-order valence-electron chi connectivity index (χ3n) is 3.14. The number of ketones is 2. The minimum atomic E-state index is -0.222. The largest absolute Gasteiger partial charge is 0.288 e. The average molecular weight is 258 g/mol. The molecular weight excluding hydrogens is 250 g/mol. The number of halogens is 1. The highest BCUT2D eigenvalue weighted by Crippen LogP contribution is 2.30. The molecule has 1 aromatic heterocycles. The van der Waals surface area contributed by atoms with Gasteiger partial charge in [0.05, 0.1) is 10.6 Å². The summed E-state index contributed by atoms with van der Waals surface area (Å²) in [4.78, 5) is 28.6. The van der Waals surface area contributed by atoms with Gasteiger partial charge in [0.15, 0.2) is 5.78 Å². The Morgan fingerprint density at radius 2 is 1.67 bits per heavy atom. The number of aromatic nitrogens is 1. The smallest absolute Gasteiger partial charge is 0.212 e. The van der Waals surface area contributed by atoms with Gasteiger partial charge in [0.2, 0.25) is 5.78 Å². The molecule has 0 aliphatic heterocycles. The van der Waals surface area contributed by atoms with E-state index in [0.717, 1.165) is 0 Å². The summed E-state index contributed by atoms with van der Waals surface area (Å²) in [5, 5.41) is 0.397. The molecule has 3 rings (SSSR count). The SMILES string of the molecule is Cc1c(Cl)cnc2c1C(=O)c1ccccc1C2=O. The molecule has 0 fully saturated rings. The number of carbonyl (C=O) groups excluding carboxylic acids is 2. The van der Waals surface area contributed by atoms with Crippen LogP contribution < -0.4 is 0 Å². The van der Waals surface area contributed by atoms with Gasteiger partial charge < -0.3 is 0 Å². The normalized spacial score (nSPS) is 13.2. The van der Waals surface area contributed by atoms with Crippen molar-refractivity contribution in [3.63, 3.8) is 0 Å². The van der Waals surface area contributed by atoms with Gasteiger partial charge in [-0.3, -0.25) is 14.6 Å². The Morgan fingerprint density at radius 1 is 1.06 bits per heavy atom. The highest BCUT2D eigenvalue weighted by atomic mass is 35.5. The monoisotopic (exact) mass is 257 g/mol. The summed E-state index contributed by atoms with van der Waals surface area (Å²) in [6.07, 6.45) is 1.41. The highest BCUT2D eigenvalue weighted by molar-refractivity contribution is 6.34. The zero-order valence-electron chi connectivity index (χ0n) is 9.53. The molecule has 1 aliphatic carbocycles. The van der Waals surface area contributed by atoms with E-state index >= 15 is 0 Å². The molecule has 3 nitrogen and oxygen atoms in total. The first-order valence-corrected chi connectivity index (χ1v) is 5.82. The molecule has 0 spiro atoms. The van der Waals surface area contributed by atoms with Crippen molar-refractivity contribution >= 4 is 23.2 Å². The van der Waals surface area contributed by atoms with Crippen LogP contribution in [0.2, 0.25) is 5.02 Å². The molecule has 2 aromatic rings. The quantitative estimate of drug-likeness (QED) is 0.622. The van der Waals surface area contributed by atoms with Crippen LogP contribution in [-0.4, -0.2) is 16.6 Å². The molecular formula is C14H8ClNO2. The van der Waals surface area contributed by atoms with Crippen molar-refractivity contribution < 1.29 is 9.59 Å². The van der Waals surface area contributed by atoms with E-state index in [1.165, 1.54) is 6.20 Å². The number of nitrogens with zero attached hydrogens (tertiary/aromatic N) is 1. The van der Waals surface area contributed by atoms with Gasteiger partial charge in [0.25, 0.3) is 0 Å². The Hall–Kier alpha value is -2.00. The topological polar surface area (TPSA) is 47.0 Å². The standard InChI is InChI=1S/C14H8ClNO2/c1-7-10(15)6-16-12-11(7)13(17)8-4-2-3-5-9(8)14(12)18/h2-6H,1H3. The lowest BCUT2D eigenvalue weighted by Crippen LogP contribution is -2.23. The van der Waals surface area contributed by atoms with E-state index in [1.54, 1.807) is 31.2 Å². The minimum absolute atomic E-state index is 0.187. The number of fused-ring (bicyclic) bond motifs is 2. The molecule has 4 heteroatoms. The van der Waals surface area contributed by atoms with Crippen molar-refractivity contribution in [1.82, 2.24) is 4.98 Å². The van der Waals surface area contributed by atoms with Crippen LogP contribution in [0, 0.1) is 6.92 Å². The Balaban J connectivity index is 2.38. The van der Waals surface area contributed by atoms with E-state index in [-0.39, 0.29) is 17.3 Å². The van der Waals surface area contributed by atoms with E-state index in [4.69, 9.17) is 11.6 Å². The molecule has 0 atom stereocenters. The number of carbonyl (C=O) groups is 2. The first kappa shape index (κ1) is 11.1. The molecule has 0 amide bonds. The first-order chi connectivity index (χ1) is 8.61. The van der Waals surface area contributed by atoms with Crippen molar-refractivity contribution in [1.29, 1.82) is 0 Å². The predicted octanol–water partition coefficient (Wildman–Crippen LogP) is 2.82. The van der Waals surface area contributed by atoms with Gasteiger partial charge in [-0.05, 0) is 12.5 Å². The van der Waals surface area contributed by atoms with Crippen LogP contribution in [0.1, 0.15) is 37.5 Å². The Labute approximate surface area is 108 Å². The van der Waals surface area contributed by atoms with Gasteiger partial charge in [-0.15, -0.1) is 0 Å². The zero-order chi connectivity index (χ0) is 12.9. The fourth-order valence-electron chi connectivity index (χ4n) is 2.17. The van der Waals surface area contributed by atoms with Crippen molar-refractivity contribution in [3.8, 4) is 0 Å². The van der Waals surface area contributed by atoms with E-state index in [9.17, 15) is 9.59 Å². The second-order valence-electron chi connectivity index (χ2n) is 4.16. The molecule has 1 aliphatic rings. The zero-order valence-corrected chi connectivity index (χ0v) is 10.3. The summed E-state index contributed by atoms with van der Waals surface area (Å²) >= 11 is 5.96. The lowest BCUT2D eigenvalue weighted by atomic mass is 9.85. The lowest BCUT2D eigenvalue weighted by molar-refractivity contribution is 0.0975. The molecule has 88 valence electrons. The van der Waals surface area contributed by atoms with Gasteiger partial charge in [-0.2, -0.15) is 0 Å². The summed E-state index contributed by atoms with van der Waals surface area (Å²) < 4.78 is 0. The molecule has 0 saturated heterocycles. The second-order valence-corrected chi connectivity index (χ2v) is 4.57. The second kappa shape index (κ2) is 3.75. The third kappa shape index (κ3) is 1.34. The fraction of sp³-hybridized carbons (Fsp3) is 0.0714. The Morgan fingerprint density at radius 3 is 2.33 bits per heavy atom. The third-order valence-corrected chi connectivity index (χ3v) is 3.52. The van der Waals surface area contributed by atoms with Gasteiger partial charge in [0.1, 0.15) is 5.69 Å². The van der Waals surface area contributed by atoms with Gasteiger partial charge in [0, 0.05) is 17.3 Å². The lowest BCUT2D eigenvalue weighted by Gasteiger charge is -2.18. The van der Waals surface area contributed by atoms with Crippen LogP contribution in [0.25, 0.3) is 0 Å². The van der Waals surface area contributed by atoms with Gasteiger partial charge in [-0.1, -0.05) is 35.9 Å².